The highest BCUT2D eigenvalue weighted by Crippen LogP contribution is 2.36. The van der Waals surface area contributed by atoms with Crippen LogP contribution in [0.1, 0.15) is 50.4 Å². The van der Waals surface area contributed by atoms with E-state index >= 15 is 0 Å². The topological polar surface area (TPSA) is 66.2 Å². The van der Waals surface area contributed by atoms with E-state index in [-0.39, 0.29) is 22.6 Å². The SMILES string of the molecule is COCn1c(=O)sc2cc(C(C)c3csc(-c4ccc(CCOC[Si](c5ccccc5)(c5ccccc5)C(C)(C)C)cn4)n3)ccc21. The fraction of sp³-hybridized carbons (Fsp3) is 0.289. The molecule has 0 saturated carbocycles. The molecule has 1 atom stereocenters. The van der Waals surface area contributed by atoms with Gasteiger partial charge in [-0.05, 0) is 40.8 Å². The number of rotatable bonds is 12. The zero-order valence-electron chi connectivity index (χ0n) is 27.6. The molecule has 6 rings (SSSR count). The molecule has 0 N–H and O–H groups in total. The van der Waals surface area contributed by atoms with Crippen LogP contribution in [0.25, 0.3) is 20.9 Å². The maximum Gasteiger partial charge on any atom is 0.310 e. The molecule has 0 bridgehead atoms. The molecule has 0 spiro atoms. The first-order valence-corrected chi connectivity index (χ1v) is 19.8. The Morgan fingerprint density at radius 2 is 1.64 bits per heavy atom. The van der Waals surface area contributed by atoms with E-state index in [4.69, 9.17) is 19.4 Å². The van der Waals surface area contributed by atoms with Crippen molar-refractivity contribution in [2.75, 3.05) is 19.9 Å². The number of thiazole rings is 2. The van der Waals surface area contributed by atoms with Crippen molar-refractivity contribution in [2.24, 2.45) is 0 Å². The third-order valence-corrected chi connectivity index (χ3v) is 16.8. The van der Waals surface area contributed by atoms with Gasteiger partial charge in [-0.15, -0.1) is 11.3 Å². The summed E-state index contributed by atoms with van der Waals surface area (Å²) in [5, 5.41) is 5.88. The number of nitrogens with zero attached hydrogens (tertiary/aromatic N) is 3. The smallest absolute Gasteiger partial charge is 0.310 e. The predicted octanol–water partition coefficient (Wildman–Crippen LogP) is 7.50. The molecule has 3 heterocycles. The normalized spacial score (nSPS) is 12.9. The molecule has 3 aromatic heterocycles. The van der Waals surface area contributed by atoms with E-state index in [1.165, 1.54) is 21.7 Å². The zero-order chi connectivity index (χ0) is 33.0. The summed E-state index contributed by atoms with van der Waals surface area (Å²) in [4.78, 5) is 22.1. The lowest BCUT2D eigenvalue weighted by Crippen LogP contribution is -2.67. The Hall–Kier alpha value is -3.73. The second-order valence-corrected chi connectivity index (χ2v) is 19.6. The van der Waals surface area contributed by atoms with Gasteiger partial charge in [0.05, 0.1) is 28.2 Å². The molecular formula is C38H41N3O3S2Si. The van der Waals surface area contributed by atoms with E-state index in [0.717, 1.165) is 50.4 Å². The standard InChI is InChI=1S/C38H41N3O3S2Si/c1-27(29-17-19-34-35(22-29)46-37(42)41(34)25-43-5)33-24-45-36(40-33)32-18-16-28(23-39-32)20-21-44-26-47(38(2,3)4,30-12-8-6-9-13-30)31-14-10-7-11-15-31/h6-19,22-24,27H,20-21,25-26H2,1-5H3. The lowest BCUT2D eigenvalue weighted by Gasteiger charge is -2.43. The quantitative estimate of drug-likeness (QED) is 0.0991. The fourth-order valence-electron chi connectivity index (χ4n) is 6.35. The lowest BCUT2D eigenvalue weighted by molar-refractivity contribution is 0.133. The van der Waals surface area contributed by atoms with E-state index in [9.17, 15) is 4.79 Å². The van der Waals surface area contributed by atoms with Gasteiger partial charge in [-0.1, -0.05) is 122 Å². The summed E-state index contributed by atoms with van der Waals surface area (Å²) in [5.41, 5.74) is 5.04. The van der Waals surface area contributed by atoms with Gasteiger partial charge in [-0.3, -0.25) is 14.3 Å². The molecular weight excluding hydrogens is 639 g/mol. The summed E-state index contributed by atoms with van der Waals surface area (Å²) in [6, 6.07) is 32.3. The molecule has 9 heteroatoms. The Morgan fingerprint density at radius 1 is 0.936 bits per heavy atom. The average molecular weight is 680 g/mol. The minimum Gasteiger partial charge on any atom is -0.384 e. The van der Waals surface area contributed by atoms with Crippen LogP contribution < -0.4 is 15.2 Å². The lowest BCUT2D eigenvalue weighted by atomic mass is 9.98. The van der Waals surface area contributed by atoms with E-state index < -0.39 is 8.07 Å². The number of methoxy groups -OCH3 is 1. The number of benzene rings is 3. The summed E-state index contributed by atoms with van der Waals surface area (Å²) in [6.07, 6.45) is 3.47. The Morgan fingerprint density at radius 3 is 2.26 bits per heavy atom. The first-order chi connectivity index (χ1) is 22.7. The van der Waals surface area contributed by atoms with Gasteiger partial charge in [-0.2, -0.15) is 0 Å². The van der Waals surface area contributed by atoms with Crippen LogP contribution in [0.2, 0.25) is 5.04 Å². The number of pyridine rings is 1. The minimum atomic E-state index is -2.26. The van der Waals surface area contributed by atoms with Gasteiger partial charge in [0.2, 0.25) is 0 Å². The number of aromatic nitrogens is 3. The van der Waals surface area contributed by atoms with E-state index in [1.54, 1.807) is 23.0 Å². The average Bonchev–Trinajstić information content (AvgIpc) is 3.70. The van der Waals surface area contributed by atoms with Crippen molar-refractivity contribution in [3.05, 3.63) is 129 Å². The van der Waals surface area contributed by atoms with Crippen molar-refractivity contribution in [3.63, 3.8) is 0 Å². The molecule has 0 aliphatic carbocycles. The summed E-state index contributed by atoms with van der Waals surface area (Å²) in [5.74, 6) is 0.0874. The molecule has 0 radical (unpaired) electrons. The minimum absolute atomic E-state index is 0.0112. The van der Waals surface area contributed by atoms with Crippen LogP contribution in [0, 0.1) is 0 Å². The Labute approximate surface area is 285 Å². The predicted molar refractivity (Wildman–Crippen MR) is 198 cm³/mol. The van der Waals surface area contributed by atoms with Crippen LogP contribution in [0.3, 0.4) is 0 Å². The highest BCUT2D eigenvalue weighted by Gasteiger charge is 2.47. The third-order valence-electron chi connectivity index (χ3n) is 9.13. The highest BCUT2D eigenvalue weighted by atomic mass is 32.1. The molecule has 3 aromatic carbocycles. The summed E-state index contributed by atoms with van der Waals surface area (Å²) < 4.78 is 14.4. The molecule has 242 valence electrons. The van der Waals surface area contributed by atoms with Crippen LogP contribution in [0.4, 0.5) is 0 Å². The van der Waals surface area contributed by atoms with Gasteiger partial charge in [0, 0.05) is 30.8 Å². The third kappa shape index (κ3) is 6.82. The van der Waals surface area contributed by atoms with Gasteiger partial charge >= 0.3 is 4.87 Å². The number of hydrogen-bond acceptors (Lipinski definition) is 7. The first-order valence-electron chi connectivity index (χ1n) is 15.9. The Bertz CT molecular complexity index is 1940. The molecule has 47 heavy (non-hydrogen) atoms. The molecule has 1 unspecified atom stereocenters. The van der Waals surface area contributed by atoms with Crippen LogP contribution in [0.15, 0.2) is 107 Å². The van der Waals surface area contributed by atoms with Gasteiger partial charge in [0.1, 0.15) is 19.8 Å². The second-order valence-electron chi connectivity index (χ2n) is 13.0. The van der Waals surface area contributed by atoms with Crippen molar-refractivity contribution in [1.29, 1.82) is 0 Å². The second kappa shape index (κ2) is 14.2. The summed E-state index contributed by atoms with van der Waals surface area (Å²) in [7, 11) is -0.657. The molecule has 6 aromatic rings. The van der Waals surface area contributed by atoms with Crippen LogP contribution in [-0.2, 0) is 22.6 Å². The molecule has 0 saturated heterocycles. The summed E-state index contributed by atoms with van der Waals surface area (Å²) >= 11 is 2.86. The van der Waals surface area contributed by atoms with E-state index in [2.05, 4.69) is 118 Å². The van der Waals surface area contributed by atoms with Gasteiger partial charge in [-0.25, -0.2) is 4.98 Å². The number of hydrogen-bond donors (Lipinski definition) is 0. The monoisotopic (exact) mass is 679 g/mol. The highest BCUT2D eigenvalue weighted by molar-refractivity contribution is 7.16. The number of ether oxygens (including phenoxy) is 2. The molecule has 0 amide bonds. The van der Waals surface area contributed by atoms with Crippen molar-refractivity contribution >= 4 is 51.3 Å². The molecule has 0 aliphatic rings. The first kappa shape index (κ1) is 33.2. The van der Waals surface area contributed by atoms with Crippen molar-refractivity contribution < 1.29 is 9.47 Å². The van der Waals surface area contributed by atoms with E-state index in [0.29, 0.717) is 6.61 Å². The van der Waals surface area contributed by atoms with Crippen molar-refractivity contribution in [1.82, 2.24) is 14.5 Å². The molecule has 6 nitrogen and oxygen atoms in total. The number of fused-ring (bicyclic) bond motifs is 1. The Balaban J connectivity index is 1.12. The zero-order valence-corrected chi connectivity index (χ0v) is 30.2. The van der Waals surface area contributed by atoms with Crippen LogP contribution in [0.5, 0.6) is 0 Å². The van der Waals surface area contributed by atoms with Crippen molar-refractivity contribution in [3.8, 4) is 10.7 Å². The van der Waals surface area contributed by atoms with Gasteiger partial charge in [0.15, 0.2) is 0 Å². The maximum absolute atomic E-state index is 12.4. The van der Waals surface area contributed by atoms with Crippen LogP contribution >= 0.6 is 22.7 Å². The molecule has 0 fully saturated rings. The largest absolute Gasteiger partial charge is 0.384 e. The Kier molecular flexibility index (Phi) is 10.0. The van der Waals surface area contributed by atoms with E-state index in [1.807, 2.05) is 12.3 Å². The van der Waals surface area contributed by atoms with Crippen molar-refractivity contribution in [2.45, 2.75) is 51.8 Å². The van der Waals surface area contributed by atoms with Gasteiger partial charge in [0.25, 0.3) is 0 Å². The maximum atomic E-state index is 12.4. The molecule has 0 aliphatic heterocycles. The van der Waals surface area contributed by atoms with Crippen LogP contribution in [-0.4, -0.2) is 42.6 Å². The fourth-order valence-corrected chi connectivity index (χ4v) is 13.0. The summed E-state index contributed by atoms with van der Waals surface area (Å²) in [6.45, 7) is 10.1. The van der Waals surface area contributed by atoms with Gasteiger partial charge < -0.3 is 9.47 Å².